The van der Waals surface area contributed by atoms with E-state index in [1.54, 1.807) is 0 Å². The SMILES string of the molecule is CCCCC(CC)C(CCC)CCC. The van der Waals surface area contributed by atoms with Gasteiger partial charge in [0.1, 0.15) is 0 Å². The van der Waals surface area contributed by atoms with Crippen molar-refractivity contribution in [1.82, 2.24) is 0 Å². The van der Waals surface area contributed by atoms with E-state index in [9.17, 15) is 0 Å². The van der Waals surface area contributed by atoms with Gasteiger partial charge in [-0.05, 0) is 11.8 Å². The highest BCUT2D eigenvalue weighted by Crippen LogP contribution is 2.29. The van der Waals surface area contributed by atoms with Crippen molar-refractivity contribution < 1.29 is 0 Å². The Bertz CT molecular complexity index is 101. The summed E-state index contributed by atoms with van der Waals surface area (Å²) in [5, 5.41) is 0. The largest absolute Gasteiger partial charge is 0.0654 e. The quantitative estimate of drug-likeness (QED) is 0.464. The van der Waals surface area contributed by atoms with Crippen LogP contribution in [-0.4, -0.2) is 0 Å². The molecule has 0 aromatic rings. The van der Waals surface area contributed by atoms with Crippen LogP contribution < -0.4 is 0 Å². The third-order valence-electron chi connectivity index (χ3n) is 3.44. The second kappa shape index (κ2) is 9.55. The third kappa shape index (κ3) is 5.67. The molecule has 0 aliphatic heterocycles. The van der Waals surface area contributed by atoms with Crippen LogP contribution in [0, 0.1) is 11.8 Å². The molecule has 0 nitrogen and oxygen atoms in total. The molecule has 0 saturated carbocycles. The van der Waals surface area contributed by atoms with Crippen molar-refractivity contribution in [3.8, 4) is 0 Å². The van der Waals surface area contributed by atoms with Crippen molar-refractivity contribution in [1.29, 1.82) is 0 Å². The molecule has 0 N–H and O–H groups in total. The van der Waals surface area contributed by atoms with Crippen molar-refractivity contribution in [2.24, 2.45) is 11.8 Å². The van der Waals surface area contributed by atoms with Crippen LogP contribution in [0.4, 0.5) is 0 Å². The monoisotopic (exact) mass is 198 g/mol. The predicted octanol–water partition coefficient (Wildman–Crippen LogP) is 5.42. The van der Waals surface area contributed by atoms with Gasteiger partial charge in [0.25, 0.3) is 0 Å². The Morgan fingerprint density at radius 1 is 0.643 bits per heavy atom. The molecule has 0 aliphatic carbocycles. The van der Waals surface area contributed by atoms with Crippen molar-refractivity contribution in [3.63, 3.8) is 0 Å². The van der Waals surface area contributed by atoms with Gasteiger partial charge in [-0.3, -0.25) is 0 Å². The second-order valence-electron chi connectivity index (χ2n) is 4.65. The summed E-state index contributed by atoms with van der Waals surface area (Å²) in [4.78, 5) is 0. The molecule has 0 radical (unpaired) electrons. The summed E-state index contributed by atoms with van der Waals surface area (Å²) in [7, 11) is 0. The highest BCUT2D eigenvalue weighted by molar-refractivity contribution is 4.68. The first kappa shape index (κ1) is 14.0. The molecular formula is C14H30. The molecule has 1 unspecified atom stereocenters. The Hall–Kier alpha value is 0. The molecule has 0 bridgehead atoms. The van der Waals surface area contributed by atoms with Gasteiger partial charge in [-0.25, -0.2) is 0 Å². The summed E-state index contributed by atoms with van der Waals surface area (Å²) in [6, 6.07) is 0. The van der Waals surface area contributed by atoms with Gasteiger partial charge in [0.15, 0.2) is 0 Å². The van der Waals surface area contributed by atoms with E-state index in [1.807, 2.05) is 0 Å². The van der Waals surface area contributed by atoms with Gasteiger partial charge in [-0.1, -0.05) is 79.1 Å². The molecule has 0 heterocycles. The minimum atomic E-state index is 1.01. The summed E-state index contributed by atoms with van der Waals surface area (Å²) in [5.41, 5.74) is 0. The average Bonchev–Trinajstić information content (AvgIpc) is 2.19. The van der Waals surface area contributed by atoms with Crippen LogP contribution >= 0.6 is 0 Å². The highest BCUT2D eigenvalue weighted by atomic mass is 14.2. The van der Waals surface area contributed by atoms with Crippen LogP contribution in [-0.2, 0) is 0 Å². The summed E-state index contributed by atoms with van der Waals surface area (Å²) in [6.07, 6.45) is 11.3. The molecule has 0 amide bonds. The van der Waals surface area contributed by atoms with Crippen LogP contribution in [0.1, 0.15) is 79.1 Å². The van der Waals surface area contributed by atoms with E-state index >= 15 is 0 Å². The number of hydrogen-bond acceptors (Lipinski definition) is 0. The Kier molecular flexibility index (Phi) is 9.55. The fraction of sp³-hybridized carbons (Fsp3) is 1.00. The lowest BCUT2D eigenvalue weighted by Gasteiger charge is -2.25. The summed E-state index contributed by atoms with van der Waals surface area (Å²) in [6.45, 7) is 9.34. The molecular weight excluding hydrogens is 168 g/mol. The van der Waals surface area contributed by atoms with E-state index in [2.05, 4.69) is 27.7 Å². The summed E-state index contributed by atoms with van der Waals surface area (Å²) >= 11 is 0. The first-order valence-electron chi connectivity index (χ1n) is 6.79. The molecule has 86 valence electrons. The van der Waals surface area contributed by atoms with E-state index in [4.69, 9.17) is 0 Å². The van der Waals surface area contributed by atoms with Gasteiger partial charge >= 0.3 is 0 Å². The maximum absolute atomic E-state index is 2.37. The lowest BCUT2D eigenvalue weighted by molar-refractivity contribution is 0.261. The van der Waals surface area contributed by atoms with E-state index in [0.29, 0.717) is 0 Å². The van der Waals surface area contributed by atoms with Crippen LogP contribution in [0.3, 0.4) is 0 Å². The Labute approximate surface area is 91.5 Å². The Balaban J connectivity index is 3.96. The van der Waals surface area contributed by atoms with E-state index in [-0.39, 0.29) is 0 Å². The number of unbranched alkanes of at least 4 members (excludes halogenated alkanes) is 1. The lowest BCUT2D eigenvalue weighted by Crippen LogP contribution is -2.14. The molecule has 0 rings (SSSR count). The average molecular weight is 198 g/mol. The maximum atomic E-state index is 2.37. The van der Waals surface area contributed by atoms with Gasteiger partial charge in [-0.2, -0.15) is 0 Å². The van der Waals surface area contributed by atoms with Crippen LogP contribution in [0.25, 0.3) is 0 Å². The Morgan fingerprint density at radius 3 is 1.57 bits per heavy atom. The molecule has 0 spiro atoms. The van der Waals surface area contributed by atoms with Gasteiger partial charge in [0.05, 0.1) is 0 Å². The Morgan fingerprint density at radius 2 is 1.21 bits per heavy atom. The lowest BCUT2D eigenvalue weighted by atomic mass is 9.80. The van der Waals surface area contributed by atoms with Gasteiger partial charge in [-0.15, -0.1) is 0 Å². The van der Waals surface area contributed by atoms with E-state index < -0.39 is 0 Å². The van der Waals surface area contributed by atoms with Crippen LogP contribution in [0.5, 0.6) is 0 Å². The summed E-state index contributed by atoms with van der Waals surface area (Å²) < 4.78 is 0. The van der Waals surface area contributed by atoms with Crippen LogP contribution in [0.15, 0.2) is 0 Å². The maximum Gasteiger partial charge on any atom is -0.0386 e. The molecule has 0 saturated heterocycles. The first-order valence-corrected chi connectivity index (χ1v) is 6.79. The molecule has 0 heteroatoms. The third-order valence-corrected chi connectivity index (χ3v) is 3.44. The number of rotatable bonds is 9. The normalized spacial score (nSPS) is 13.5. The molecule has 0 aromatic heterocycles. The van der Waals surface area contributed by atoms with Crippen LogP contribution in [0.2, 0.25) is 0 Å². The zero-order chi connectivity index (χ0) is 10.8. The topological polar surface area (TPSA) is 0 Å². The highest BCUT2D eigenvalue weighted by Gasteiger charge is 2.17. The first-order chi connectivity index (χ1) is 6.79. The second-order valence-corrected chi connectivity index (χ2v) is 4.65. The molecule has 0 aliphatic rings. The minimum absolute atomic E-state index is 1.01. The van der Waals surface area contributed by atoms with E-state index in [0.717, 1.165) is 11.8 Å². The van der Waals surface area contributed by atoms with Gasteiger partial charge in [0.2, 0.25) is 0 Å². The molecule has 0 fully saturated rings. The smallest absolute Gasteiger partial charge is 0.0386 e. The molecule has 14 heavy (non-hydrogen) atoms. The molecule has 1 atom stereocenters. The van der Waals surface area contributed by atoms with Crippen molar-refractivity contribution in [2.45, 2.75) is 79.1 Å². The fourth-order valence-electron chi connectivity index (χ4n) is 2.60. The fourth-order valence-corrected chi connectivity index (χ4v) is 2.60. The zero-order valence-electron chi connectivity index (χ0n) is 10.8. The van der Waals surface area contributed by atoms with Gasteiger partial charge < -0.3 is 0 Å². The van der Waals surface area contributed by atoms with E-state index in [1.165, 1.54) is 51.4 Å². The van der Waals surface area contributed by atoms with Crippen molar-refractivity contribution in [2.75, 3.05) is 0 Å². The predicted molar refractivity (Wildman–Crippen MR) is 66.6 cm³/mol. The zero-order valence-corrected chi connectivity index (χ0v) is 10.8. The van der Waals surface area contributed by atoms with Crippen molar-refractivity contribution in [3.05, 3.63) is 0 Å². The number of hydrogen-bond donors (Lipinski definition) is 0. The van der Waals surface area contributed by atoms with Crippen molar-refractivity contribution >= 4 is 0 Å². The molecule has 0 aromatic carbocycles. The summed E-state index contributed by atoms with van der Waals surface area (Å²) in [5.74, 6) is 2.02. The standard InChI is InChI=1S/C14H30/c1-5-9-12-13(8-4)14(10-6-2)11-7-3/h13-14H,5-12H2,1-4H3. The van der Waals surface area contributed by atoms with Gasteiger partial charge in [0, 0.05) is 0 Å². The minimum Gasteiger partial charge on any atom is -0.0654 e.